The molecule has 2 aliphatic heterocycles. The number of amides is 2. The zero-order valence-corrected chi connectivity index (χ0v) is 26.6. The molecule has 0 radical (unpaired) electrons. The van der Waals surface area contributed by atoms with Gasteiger partial charge in [0.05, 0.1) is 12.4 Å². The predicted octanol–water partition coefficient (Wildman–Crippen LogP) is 6.63. The molecule has 46 heavy (non-hydrogen) atoms. The zero-order chi connectivity index (χ0) is 32.3. The Kier molecular flexibility index (Phi) is 8.57. The summed E-state index contributed by atoms with van der Waals surface area (Å²) in [6.07, 6.45) is 2.80. The number of hydrogen-bond donors (Lipinski definition) is 1. The van der Waals surface area contributed by atoms with Gasteiger partial charge in [-0.05, 0) is 58.0 Å². The number of carbonyl (C=O) groups excluding carboxylic acids is 2. The Morgan fingerprint density at radius 2 is 1.33 bits per heavy atom. The van der Waals surface area contributed by atoms with E-state index in [2.05, 4.69) is 84.4 Å². The molecule has 9 heteroatoms. The molecule has 2 heterocycles. The van der Waals surface area contributed by atoms with Gasteiger partial charge in [0, 0.05) is 77.5 Å². The van der Waals surface area contributed by atoms with Gasteiger partial charge in [0.1, 0.15) is 17.0 Å². The van der Waals surface area contributed by atoms with Crippen molar-refractivity contribution in [3.63, 3.8) is 0 Å². The summed E-state index contributed by atoms with van der Waals surface area (Å²) in [4.78, 5) is 31.2. The lowest BCUT2D eigenvalue weighted by Crippen LogP contribution is -2.44. The summed E-state index contributed by atoms with van der Waals surface area (Å²) >= 11 is 0. The molecule has 1 spiro atoms. The van der Waals surface area contributed by atoms with E-state index >= 15 is 0 Å². The number of hydrogen-bond acceptors (Lipinski definition) is 7. The molecular weight excluding hydrogens is 576 g/mol. The molecule has 0 atom stereocenters. The van der Waals surface area contributed by atoms with Crippen LogP contribution in [0, 0.1) is 0 Å². The van der Waals surface area contributed by atoms with Crippen LogP contribution in [-0.2, 0) is 5.54 Å². The van der Waals surface area contributed by atoms with Gasteiger partial charge in [0.15, 0.2) is 0 Å². The molecule has 0 aliphatic carbocycles. The number of carbonyl (C=O) groups is 2. The van der Waals surface area contributed by atoms with Gasteiger partial charge in [-0.15, -0.1) is 0 Å². The van der Waals surface area contributed by atoms with Gasteiger partial charge in [0.25, 0.3) is 11.8 Å². The number of ether oxygens (including phenoxy) is 1. The highest BCUT2D eigenvalue weighted by atomic mass is 16.5. The van der Waals surface area contributed by atoms with Gasteiger partial charge in [-0.25, -0.2) is 10.4 Å². The van der Waals surface area contributed by atoms with Crippen LogP contribution < -0.4 is 20.0 Å². The third-order valence-electron chi connectivity index (χ3n) is 8.77. The van der Waals surface area contributed by atoms with Gasteiger partial charge in [-0.1, -0.05) is 48.5 Å². The normalized spacial score (nSPS) is 14.3. The van der Waals surface area contributed by atoms with E-state index in [1.165, 1.54) is 17.4 Å². The van der Waals surface area contributed by atoms with E-state index in [0.29, 0.717) is 22.6 Å². The van der Waals surface area contributed by atoms with Crippen LogP contribution >= 0.6 is 0 Å². The van der Waals surface area contributed by atoms with E-state index in [1.54, 1.807) is 24.3 Å². The van der Waals surface area contributed by atoms with E-state index in [-0.39, 0.29) is 11.8 Å². The molecule has 0 saturated carbocycles. The van der Waals surface area contributed by atoms with Crippen LogP contribution in [0.15, 0.2) is 101 Å². The van der Waals surface area contributed by atoms with Crippen LogP contribution in [0.5, 0.6) is 11.5 Å². The minimum absolute atomic E-state index is 0.243. The molecule has 0 saturated heterocycles. The summed E-state index contributed by atoms with van der Waals surface area (Å²) in [6.45, 7) is 11.9. The maximum atomic E-state index is 14.2. The maximum absolute atomic E-state index is 14.2. The van der Waals surface area contributed by atoms with Crippen molar-refractivity contribution in [2.45, 2.75) is 33.2 Å². The first-order valence-corrected chi connectivity index (χ1v) is 15.8. The van der Waals surface area contributed by atoms with E-state index in [4.69, 9.17) is 9.84 Å². The van der Waals surface area contributed by atoms with Gasteiger partial charge >= 0.3 is 0 Å². The monoisotopic (exact) mass is 614 g/mol. The summed E-state index contributed by atoms with van der Waals surface area (Å²) in [5.41, 5.74) is 7.00. The van der Waals surface area contributed by atoms with Gasteiger partial charge in [-0.3, -0.25) is 9.59 Å². The summed E-state index contributed by atoms with van der Waals surface area (Å²) in [5, 5.41) is 10.3. The molecule has 2 amide bonds. The standard InChI is InChI=1S/C37H38N6O3/c1-5-41(6-2)27-18-20-31-33(24-27)46-34-25-28(42(7-3)8-4)19-21-32(34)37(31)30-17-13-12-16-29(30)36(45)43(37)39-23-22-38-40-35(44)26-14-10-9-11-15-26/h9-25H,5-8H2,1-4H3,(H,40,44)/b38-22+,39-23+. The third kappa shape index (κ3) is 5.07. The molecule has 0 unspecified atom stereocenters. The van der Waals surface area contributed by atoms with Crippen LogP contribution in [-0.4, -0.2) is 55.4 Å². The topological polar surface area (TPSA) is 89.8 Å². The van der Waals surface area contributed by atoms with E-state index < -0.39 is 5.54 Å². The van der Waals surface area contributed by atoms with Crippen molar-refractivity contribution < 1.29 is 14.3 Å². The van der Waals surface area contributed by atoms with E-state index in [0.717, 1.165) is 54.2 Å². The fraction of sp³-hybridized carbons (Fsp3) is 0.243. The summed E-state index contributed by atoms with van der Waals surface area (Å²) in [6, 6.07) is 28.9. The fourth-order valence-corrected chi connectivity index (χ4v) is 6.53. The molecule has 234 valence electrons. The summed E-state index contributed by atoms with van der Waals surface area (Å²) in [7, 11) is 0. The van der Waals surface area contributed by atoms with Crippen LogP contribution in [0.2, 0.25) is 0 Å². The lowest BCUT2D eigenvalue weighted by molar-refractivity contribution is 0.0675. The molecule has 4 aromatic rings. The van der Waals surface area contributed by atoms with Crippen molar-refractivity contribution in [1.29, 1.82) is 0 Å². The van der Waals surface area contributed by atoms with Crippen molar-refractivity contribution in [3.05, 3.63) is 119 Å². The number of hydrazone groups is 2. The van der Waals surface area contributed by atoms with Crippen molar-refractivity contribution in [2.24, 2.45) is 10.2 Å². The number of nitrogens with zero attached hydrogens (tertiary/aromatic N) is 5. The van der Waals surface area contributed by atoms with Crippen LogP contribution in [0.1, 0.15) is 65.1 Å². The first kappa shape index (κ1) is 30.6. The molecule has 2 aliphatic rings. The highest BCUT2D eigenvalue weighted by molar-refractivity contribution is 6.17. The number of anilines is 2. The van der Waals surface area contributed by atoms with Crippen LogP contribution in [0.4, 0.5) is 11.4 Å². The van der Waals surface area contributed by atoms with Crippen molar-refractivity contribution in [1.82, 2.24) is 10.4 Å². The average Bonchev–Trinajstić information content (AvgIpc) is 3.33. The smallest absolute Gasteiger partial charge is 0.275 e. The quantitative estimate of drug-likeness (QED) is 0.160. The Balaban J connectivity index is 1.49. The fourth-order valence-electron chi connectivity index (χ4n) is 6.53. The molecular formula is C37H38N6O3. The second-order valence-electron chi connectivity index (χ2n) is 11.0. The minimum Gasteiger partial charge on any atom is -0.456 e. The number of fused-ring (bicyclic) bond motifs is 6. The lowest BCUT2D eigenvalue weighted by Gasteiger charge is -2.42. The van der Waals surface area contributed by atoms with Crippen molar-refractivity contribution in [2.75, 3.05) is 36.0 Å². The van der Waals surface area contributed by atoms with E-state index in [1.807, 2.05) is 30.3 Å². The highest BCUT2D eigenvalue weighted by Gasteiger charge is 2.57. The molecule has 6 rings (SSSR count). The average molecular weight is 615 g/mol. The predicted molar refractivity (Wildman–Crippen MR) is 183 cm³/mol. The third-order valence-corrected chi connectivity index (χ3v) is 8.77. The Bertz CT molecular complexity index is 1750. The van der Waals surface area contributed by atoms with E-state index in [9.17, 15) is 9.59 Å². The van der Waals surface area contributed by atoms with Crippen molar-refractivity contribution >= 4 is 35.6 Å². The number of benzene rings is 4. The Morgan fingerprint density at radius 1 is 0.761 bits per heavy atom. The molecule has 0 fully saturated rings. The minimum atomic E-state index is -1.10. The first-order chi connectivity index (χ1) is 22.5. The maximum Gasteiger partial charge on any atom is 0.275 e. The second-order valence-corrected chi connectivity index (χ2v) is 11.0. The van der Waals surface area contributed by atoms with Gasteiger partial charge in [0.2, 0.25) is 0 Å². The lowest BCUT2D eigenvalue weighted by atomic mass is 9.75. The Labute approximate surface area is 269 Å². The largest absolute Gasteiger partial charge is 0.456 e. The molecule has 4 aromatic carbocycles. The molecule has 9 nitrogen and oxygen atoms in total. The molecule has 0 bridgehead atoms. The summed E-state index contributed by atoms with van der Waals surface area (Å²) in [5.74, 6) is 0.754. The summed E-state index contributed by atoms with van der Waals surface area (Å²) < 4.78 is 6.72. The van der Waals surface area contributed by atoms with Crippen molar-refractivity contribution in [3.8, 4) is 11.5 Å². The molecule has 0 aromatic heterocycles. The van der Waals surface area contributed by atoms with Gasteiger partial charge in [-0.2, -0.15) is 10.2 Å². The van der Waals surface area contributed by atoms with Gasteiger partial charge < -0.3 is 14.5 Å². The van der Waals surface area contributed by atoms with Crippen LogP contribution in [0.25, 0.3) is 0 Å². The number of rotatable bonds is 10. The zero-order valence-electron chi connectivity index (χ0n) is 26.6. The highest BCUT2D eigenvalue weighted by Crippen LogP contribution is 2.58. The second kappa shape index (κ2) is 12.9. The molecule has 1 N–H and O–H groups in total. The Hall–Kier alpha value is -5.44. The SMILES string of the molecule is CCN(CC)c1ccc2c(c1)Oc1cc(N(CC)CC)ccc1C21c2ccccc2C(=O)N1/N=C/C=N/NC(=O)c1ccccc1. The van der Waals surface area contributed by atoms with Crippen LogP contribution in [0.3, 0.4) is 0 Å². The number of nitrogens with one attached hydrogen (secondary N) is 1. The first-order valence-electron chi connectivity index (χ1n) is 15.8. The Morgan fingerprint density at radius 3 is 1.91 bits per heavy atom.